The third-order valence-electron chi connectivity index (χ3n) is 6.99. The summed E-state index contributed by atoms with van der Waals surface area (Å²) in [6, 6.07) is 18.1. The van der Waals surface area contributed by atoms with Crippen molar-refractivity contribution in [2.24, 2.45) is 16.7 Å². The third-order valence-corrected chi connectivity index (χ3v) is 6.99. The maximum absolute atomic E-state index is 13.0. The highest BCUT2D eigenvalue weighted by molar-refractivity contribution is 5.87. The number of carbonyl (C=O) groups is 2. The highest BCUT2D eigenvalue weighted by Gasteiger charge is 2.66. The molecule has 2 aromatic carbocycles. The molecule has 5 heteroatoms. The molecule has 0 heterocycles. The van der Waals surface area contributed by atoms with E-state index in [0.29, 0.717) is 18.4 Å². The van der Waals surface area contributed by atoms with Gasteiger partial charge in [-0.1, -0.05) is 79.6 Å². The Morgan fingerprint density at radius 1 is 0.935 bits per heavy atom. The number of rotatable bonds is 9. The van der Waals surface area contributed by atoms with Crippen LogP contribution in [0.2, 0.25) is 0 Å². The minimum absolute atomic E-state index is 0.102. The highest BCUT2D eigenvalue weighted by atomic mass is 16.4. The van der Waals surface area contributed by atoms with Gasteiger partial charge in [-0.15, -0.1) is 6.58 Å². The van der Waals surface area contributed by atoms with Crippen molar-refractivity contribution in [3.05, 3.63) is 84.4 Å². The van der Waals surface area contributed by atoms with Crippen molar-refractivity contribution in [2.45, 2.75) is 44.6 Å². The molecule has 0 radical (unpaired) electrons. The number of aliphatic hydroxyl groups excluding tert-OH is 1. The summed E-state index contributed by atoms with van der Waals surface area (Å²) >= 11 is 0. The summed E-state index contributed by atoms with van der Waals surface area (Å²) in [7, 11) is 0. The molecular weight excluding hydrogens is 392 g/mol. The van der Waals surface area contributed by atoms with Gasteiger partial charge >= 0.3 is 11.9 Å². The lowest BCUT2D eigenvalue weighted by Crippen LogP contribution is -2.60. The predicted octanol–water partition coefficient (Wildman–Crippen LogP) is 4.87. The summed E-state index contributed by atoms with van der Waals surface area (Å²) < 4.78 is 0. The first-order valence-electron chi connectivity index (χ1n) is 10.7. The number of benzene rings is 2. The second-order valence-electron chi connectivity index (χ2n) is 8.52. The van der Waals surface area contributed by atoms with Crippen LogP contribution in [0.25, 0.3) is 0 Å². The van der Waals surface area contributed by atoms with Crippen molar-refractivity contribution in [2.75, 3.05) is 0 Å². The zero-order valence-corrected chi connectivity index (χ0v) is 17.6. The average Bonchev–Trinajstić information content (AvgIpc) is 2.78. The van der Waals surface area contributed by atoms with Crippen LogP contribution < -0.4 is 0 Å². The standard InChI is InChI=1S/C26H30O5/c1-2-11-21(22(27)20-14-7-4-8-15-20)26(24(30)31)17-10-9-16-25(26,23(28)29)18-19-12-5-3-6-13-19/h2-8,12-15,21-22,27H,1,9-11,16-18H2,(H,28,29)(H,30,31). The first-order chi connectivity index (χ1) is 14.9. The Morgan fingerprint density at radius 3 is 2.06 bits per heavy atom. The van der Waals surface area contributed by atoms with E-state index in [1.54, 1.807) is 30.3 Å². The monoisotopic (exact) mass is 422 g/mol. The molecule has 0 spiro atoms. The summed E-state index contributed by atoms with van der Waals surface area (Å²) in [5, 5.41) is 32.5. The van der Waals surface area contributed by atoms with Crippen LogP contribution in [0.15, 0.2) is 73.3 Å². The number of aliphatic carboxylic acids is 2. The first-order valence-corrected chi connectivity index (χ1v) is 10.7. The van der Waals surface area contributed by atoms with Crippen LogP contribution in [0.3, 0.4) is 0 Å². The molecule has 164 valence electrons. The predicted molar refractivity (Wildman–Crippen MR) is 118 cm³/mol. The van der Waals surface area contributed by atoms with E-state index in [2.05, 4.69) is 6.58 Å². The fraction of sp³-hybridized carbons (Fsp3) is 0.385. The zero-order chi connectivity index (χ0) is 22.5. The first kappa shape index (κ1) is 22.8. The molecule has 3 rings (SSSR count). The minimum atomic E-state index is -1.64. The molecule has 0 aromatic heterocycles. The van der Waals surface area contributed by atoms with E-state index in [4.69, 9.17) is 0 Å². The Kier molecular flexibility index (Phi) is 6.96. The molecule has 0 amide bonds. The van der Waals surface area contributed by atoms with Gasteiger partial charge in [-0.3, -0.25) is 9.59 Å². The topological polar surface area (TPSA) is 94.8 Å². The second-order valence-corrected chi connectivity index (χ2v) is 8.52. The van der Waals surface area contributed by atoms with Crippen LogP contribution in [0.4, 0.5) is 0 Å². The Hall–Kier alpha value is -2.92. The number of aliphatic hydroxyl groups is 1. The van der Waals surface area contributed by atoms with Gasteiger partial charge in [-0.05, 0) is 36.8 Å². The molecule has 31 heavy (non-hydrogen) atoms. The lowest BCUT2D eigenvalue weighted by Gasteiger charge is -2.53. The van der Waals surface area contributed by atoms with E-state index in [1.165, 1.54) is 0 Å². The molecule has 4 atom stereocenters. The Balaban J connectivity index is 2.21. The summed E-state index contributed by atoms with van der Waals surface area (Å²) in [4.78, 5) is 25.9. The molecule has 1 aliphatic carbocycles. The van der Waals surface area contributed by atoms with Gasteiger partial charge < -0.3 is 15.3 Å². The van der Waals surface area contributed by atoms with E-state index < -0.39 is 34.8 Å². The van der Waals surface area contributed by atoms with E-state index in [-0.39, 0.29) is 25.7 Å². The number of hydrogen-bond acceptors (Lipinski definition) is 3. The van der Waals surface area contributed by atoms with E-state index in [0.717, 1.165) is 5.56 Å². The van der Waals surface area contributed by atoms with Crippen LogP contribution >= 0.6 is 0 Å². The van der Waals surface area contributed by atoms with Crippen LogP contribution in [-0.2, 0) is 16.0 Å². The van der Waals surface area contributed by atoms with Crippen LogP contribution in [0.1, 0.15) is 49.3 Å². The maximum atomic E-state index is 13.0. The number of carboxylic acids is 2. The van der Waals surface area contributed by atoms with Crippen LogP contribution in [0, 0.1) is 16.7 Å². The van der Waals surface area contributed by atoms with Crippen molar-refractivity contribution in [3.63, 3.8) is 0 Å². The van der Waals surface area contributed by atoms with Gasteiger partial charge in [0.15, 0.2) is 0 Å². The van der Waals surface area contributed by atoms with Crippen molar-refractivity contribution in [3.8, 4) is 0 Å². The SMILES string of the molecule is C=CCC(C(O)c1ccccc1)C1(C(=O)O)CCCCC1(Cc1ccccc1)C(=O)O. The van der Waals surface area contributed by atoms with Gasteiger partial charge in [0.1, 0.15) is 0 Å². The molecule has 1 aliphatic rings. The van der Waals surface area contributed by atoms with Gasteiger partial charge in [0, 0.05) is 5.92 Å². The molecule has 2 aromatic rings. The summed E-state index contributed by atoms with van der Waals surface area (Å²) in [5.74, 6) is -3.11. The fourth-order valence-corrected chi connectivity index (χ4v) is 5.53. The van der Waals surface area contributed by atoms with Crippen molar-refractivity contribution < 1.29 is 24.9 Å². The number of allylic oxidation sites excluding steroid dienone is 1. The smallest absolute Gasteiger partial charge is 0.311 e. The third kappa shape index (κ3) is 4.02. The van der Waals surface area contributed by atoms with Gasteiger partial charge in [-0.25, -0.2) is 0 Å². The van der Waals surface area contributed by atoms with Gasteiger partial charge in [0.2, 0.25) is 0 Å². The van der Waals surface area contributed by atoms with E-state index in [9.17, 15) is 24.9 Å². The average molecular weight is 423 g/mol. The molecule has 3 N–H and O–H groups in total. The summed E-state index contributed by atoms with van der Waals surface area (Å²) in [6.45, 7) is 3.79. The van der Waals surface area contributed by atoms with Gasteiger partial charge in [-0.2, -0.15) is 0 Å². The Labute approximate surface area is 183 Å². The molecule has 0 bridgehead atoms. The molecule has 4 unspecified atom stereocenters. The lowest BCUT2D eigenvalue weighted by atomic mass is 9.47. The van der Waals surface area contributed by atoms with Crippen molar-refractivity contribution in [1.82, 2.24) is 0 Å². The molecule has 1 saturated carbocycles. The minimum Gasteiger partial charge on any atom is -0.481 e. The van der Waals surface area contributed by atoms with Gasteiger partial charge in [0.25, 0.3) is 0 Å². The maximum Gasteiger partial charge on any atom is 0.311 e. The van der Waals surface area contributed by atoms with Gasteiger partial charge in [0.05, 0.1) is 16.9 Å². The lowest BCUT2D eigenvalue weighted by molar-refractivity contribution is -0.193. The number of hydrogen-bond donors (Lipinski definition) is 3. The molecule has 5 nitrogen and oxygen atoms in total. The van der Waals surface area contributed by atoms with Crippen molar-refractivity contribution in [1.29, 1.82) is 0 Å². The second kappa shape index (κ2) is 9.48. The fourth-order valence-electron chi connectivity index (χ4n) is 5.53. The molecular formula is C26H30O5. The van der Waals surface area contributed by atoms with Crippen molar-refractivity contribution >= 4 is 11.9 Å². The zero-order valence-electron chi connectivity index (χ0n) is 17.6. The van der Waals surface area contributed by atoms with E-state index in [1.807, 2.05) is 36.4 Å². The summed E-state index contributed by atoms with van der Waals surface area (Å²) in [6.07, 6.45) is 2.45. The van der Waals surface area contributed by atoms with E-state index >= 15 is 0 Å². The Bertz CT molecular complexity index is 910. The molecule has 0 aliphatic heterocycles. The highest BCUT2D eigenvalue weighted by Crippen LogP contribution is 2.60. The summed E-state index contributed by atoms with van der Waals surface area (Å²) in [5.41, 5.74) is -1.82. The quantitative estimate of drug-likeness (QED) is 0.501. The molecule has 0 saturated heterocycles. The largest absolute Gasteiger partial charge is 0.481 e. The number of carboxylic acid groups (broad SMARTS) is 2. The normalized spacial score (nSPS) is 25.3. The van der Waals surface area contributed by atoms with Crippen LogP contribution in [-0.4, -0.2) is 27.3 Å². The Morgan fingerprint density at radius 2 is 1.52 bits per heavy atom. The molecule has 1 fully saturated rings. The van der Waals surface area contributed by atoms with Crippen LogP contribution in [0.5, 0.6) is 0 Å².